The molecule has 0 amide bonds. The molecule has 2 aromatic carbocycles. The third kappa shape index (κ3) is 5.92. The Bertz CT molecular complexity index is 846. The van der Waals surface area contributed by atoms with E-state index in [4.69, 9.17) is 4.99 Å². The Morgan fingerprint density at radius 2 is 1.61 bits per heavy atom. The van der Waals surface area contributed by atoms with Crippen LogP contribution in [-0.2, 0) is 6.42 Å². The highest BCUT2D eigenvalue weighted by molar-refractivity contribution is 5.94. The van der Waals surface area contributed by atoms with Gasteiger partial charge in [-0.15, -0.1) is 0 Å². The topological polar surface area (TPSA) is 12.4 Å². The van der Waals surface area contributed by atoms with E-state index < -0.39 is 0 Å². The van der Waals surface area contributed by atoms with E-state index in [9.17, 15) is 0 Å². The molecule has 0 aliphatic heterocycles. The minimum absolute atomic E-state index is 1.03. The summed E-state index contributed by atoms with van der Waals surface area (Å²) in [5.74, 6) is 0. The van der Waals surface area contributed by atoms with Crippen LogP contribution in [0.5, 0.6) is 0 Å². The maximum Gasteiger partial charge on any atom is 0.0737 e. The second kappa shape index (κ2) is 11.2. The number of aryl methyl sites for hydroxylation is 1. The average Bonchev–Trinajstić information content (AvgIpc) is 2.76. The zero-order valence-electron chi connectivity index (χ0n) is 17.8. The molecule has 2 rings (SSSR count). The molecule has 28 heavy (non-hydrogen) atoms. The van der Waals surface area contributed by atoms with Crippen LogP contribution in [0.15, 0.2) is 71.8 Å². The molecule has 0 bridgehead atoms. The van der Waals surface area contributed by atoms with Gasteiger partial charge in [0.2, 0.25) is 0 Å². The number of allylic oxidation sites excluding steroid dienone is 3. The van der Waals surface area contributed by atoms with Crippen LogP contribution < -0.4 is 0 Å². The van der Waals surface area contributed by atoms with E-state index in [1.165, 1.54) is 35.1 Å². The highest BCUT2D eigenvalue weighted by Crippen LogP contribution is 2.28. The average molecular weight is 372 g/mol. The van der Waals surface area contributed by atoms with Gasteiger partial charge in [0.05, 0.1) is 5.70 Å². The quantitative estimate of drug-likeness (QED) is 0.313. The first kappa shape index (κ1) is 21.6. The lowest BCUT2D eigenvalue weighted by Crippen LogP contribution is -1.92. The van der Waals surface area contributed by atoms with Crippen LogP contribution in [0.1, 0.15) is 69.2 Å². The predicted octanol–water partition coefficient (Wildman–Crippen LogP) is 7.99. The molecule has 0 spiro atoms. The van der Waals surface area contributed by atoms with E-state index in [0.29, 0.717) is 0 Å². The van der Waals surface area contributed by atoms with Gasteiger partial charge in [-0.3, -0.25) is 4.99 Å². The van der Waals surface area contributed by atoms with Gasteiger partial charge >= 0.3 is 0 Å². The molecule has 146 valence electrons. The molecule has 0 aliphatic carbocycles. The summed E-state index contributed by atoms with van der Waals surface area (Å²) in [5.41, 5.74) is 8.32. The van der Waals surface area contributed by atoms with Gasteiger partial charge in [0.25, 0.3) is 0 Å². The van der Waals surface area contributed by atoms with E-state index in [2.05, 4.69) is 88.9 Å². The number of unbranched alkanes of at least 4 members (excludes halogenated alkanes) is 1. The fourth-order valence-corrected chi connectivity index (χ4v) is 3.10. The zero-order chi connectivity index (χ0) is 20.4. The second-order valence-corrected chi connectivity index (χ2v) is 7.08. The first-order chi connectivity index (χ1) is 13.6. The van der Waals surface area contributed by atoms with E-state index in [-0.39, 0.29) is 0 Å². The molecule has 0 fully saturated rings. The molecule has 1 nitrogen and oxygen atoms in total. The number of hydrogen-bond acceptors (Lipinski definition) is 1. The number of hydrogen-bond donors (Lipinski definition) is 0. The smallest absolute Gasteiger partial charge is 0.0737 e. The summed E-state index contributed by atoms with van der Waals surface area (Å²) >= 11 is 0. The Hall–Kier alpha value is -2.67. The van der Waals surface area contributed by atoms with Gasteiger partial charge in [0.15, 0.2) is 0 Å². The van der Waals surface area contributed by atoms with Crippen LogP contribution in [0.3, 0.4) is 0 Å². The van der Waals surface area contributed by atoms with E-state index >= 15 is 0 Å². The van der Waals surface area contributed by atoms with Crippen molar-refractivity contribution in [3.8, 4) is 0 Å². The van der Waals surface area contributed by atoms with Gasteiger partial charge < -0.3 is 0 Å². The second-order valence-electron chi connectivity index (χ2n) is 7.08. The van der Waals surface area contributed by atoms with Crippen molar-refractivity contribution in [2.75, 3.05) is 0 Å². The highest BCUT2D eigenvalue weighted by atomic mass is 14.7. The summed E-state index contributed by atoms with van der Waals surface area (Å²) in [5, 5.41) is 0. The summed E-state index contributed by atoms with van der Waals surface area (Å²) in [7, 11) is 0. The first-order valence-electron chi connectivity index (χ1n) is 10.3. The summed E-state index contributed by atoms with van der Waals surface area (Å²) in [6.07, 6.45) is 10.6. The Labute approximate surface area is 171 Å². The summed E-state index contributed by atoms with van der Waals surface area (Å²) < 4.78 is 0. The number of aliphatic imine (C=N–C) groups is 1. The van der Waals surface area contributed by atoms with Crippen molar-refractivity contribution in [3.63, 3.8) is 0 Å². The molecule has 0 unspecified atom stereocenters. The minimum Gasteiger partial charge on any atom is -0.256 e. The maximum atomic E-state index is 4.96. The lowest BCUT2D eigenvalue weighted by Gasteiger charge is -2.11. The molecule has 0 aliphatic rings. The molecular weight excluding hydrogens is 338 g/mol. The Kier molecular flexibility index (Phi) is 8.68. The van der Waals surface area contributed by atoms with Crippen molar-refractivity contribution in [2.45, 2.75) is 53.4 Å². The molecule has 0 heterocycles. The van der Waals surface area contributed by atoms with E-state index in [0.717, 1.165) is 29.7 Å². The van der Waals surface area contributed by atoms with Crippen LogP contribution in [0, 0.1) is 0 Å². The summed E-state index contributed by atoms with van der Waals surface area (Å²) in [4.78, 5) is 4.96. The fraction of sp³-hybridized carbons (Fsp3) is 0.296. The third-order valence-corrected chi connectivity index (χ3v) is 5.12. The molecule has 1 heteroatoms. The fourth-order valence-electron chi connectivity index (χ4n) is 3.10. The van der Waals surface area contributed by atoms with Crippen molar-refractivity contribution < 1.29 is 0 Å². The highest BCUT2D eigenvalue weighted by Gasteiger charge is 2.08. The van der Waals surface area contributed by atoms with Crippen molar-refractivity contribution in [1.29, 1.82) is 0 Å². The van der Waals surface area contributed by atoms with Gasteiger partial charge in [-0.05, 0) is 60.9 Å². The third-order valence-electron chi connectivity index (χ3n) is 5.12. The van der Waals surface area contributed by atoms with Gasteiger partial charge in [0, 0.05) is 11.8 Å². The summed E-state index contributed by atoms with van der Waals surface area (Å²) in [6.45, 7) is 12.5. The summed E-state index contributed by atoms with van der Waals surface area (Å²) in [6, 6.07) is 17.3. The van der Waals surface area contributed by atoms with Crippen LogP contribution in [-0.4, -0.2) is 6.21 Å². The van der Waals surface area contributed by atoms with Crippen molar-refractivity contribution in [3.05, 3.63) is 89.0 Å². The lowest BCUT2D eigenvalue weighted by atomic mass is 9.99. The Morgan fingerprint density at radius 1 is 0.964 bits per heavy atom. The lowest BCUT2D eigenvalue weighted by molar-refractivity contribution is 0.803. The van der Waals surface area contributed by atoms with Crippen LogP contribution in [0.4, 0.5) is 0 Å². The molecule has 2 aromatic rings. The largest absolute Gasteiger partial charge is 0.256 e. The molecular formula is C27H33N. The Balaban J connectivity index is 2.48. The van der Waals surface area contributed by atoms with Gasteiger partial charge in [-0.1, -0.05) is 87.5 Å². The zero-order valence-corrected chi connectivity index (χ0v) is 17.8. The maximum absolute atomic E-state index is 4.96. The van der Waals surface area contributed by atoms with E-state index in [1.807, 2.05) is 12.3 Å². The standard InChI is InChI=1S/C27H33N/c1-6-10-11-24(9-4)20-28-27(26-18-14-23(8-3)15-19-26)21(5)25-16-12-22(7-2)13-17-25/h7,9,12-20H,2,6,8,10-11H2,1,3-5H3/b24-9+,27-21+,28-20-. The molecule has 0 saturated heterocycles. The number of nitrogens with zero attached hydrogens (tertiary/aromatic N) is 1. The molecule has 0 radical (unpaired) electrons. The van der Waals surface area contributed by atoms with Crippen molar-refractivity contribution in [2.24, 2.45) is 4.99 Å². The van der Waals surface area contributed by atoms with Crippen molar-refractivity contribution in [1.82, 2.24) is 0 Å². The van der Waals surface area contributed by atoms with Crippen LogP contribution in [0.2, 0.25) is 0 Å². The van der Waals surface area contributed by atoms with Crippen molar-refractivity contribution >= 4 is 23.6 Å². The van der Waals surface area contributed by atoms with Gasteiger partial charge in [-0.25, -0.2) is 0 Å². The molecule has 0 saturated carbocycles. The molecule has 0 atom stereocenters. The van der Waals surface area contributed by atoms with E-state index in [1.54, 1.807) is 0 Å². The molecule has 0 aromatic heterocycles. The Morgan fingerprint density at radius 3 is 2.14 bits per heavy atom. The number of benzene rings is 2. The molecule has 0 N–H and O–H groups in total. The first-order valence-corrected chi connectivity index (χ1v) is 10.3. The minimum atomic E-state index is 1.03. The SMILES string of the molecule is C=Cc1ccc(/C(C)=C(/N=C\C(=C\C)CCCC)c2ccc(CC)cc2)cc1. The van der Waals surface area contributed by atoms with Gasteiger partial charge in [-0.2, -0.15) is 0 Å². The number of rotatable bonds is 9. The van der Waals surface area contributed by atoms with Gasteiger partial charge in [0.1, 0.15) is 0 Å². The van der Waals surface area contributed by atoms with Crippen LogP contribution in [0.25, 0.3) is 17.3 Å². The van der Waals surface area contributed by atoms with Crippen LogP contribution >= 0.6 is 0 Å². The predicted molar refractivity (Wildman–Crippen MR) is 127 cm³/mol. The monoisotopic (exact) mass is 371 g/mol. The normalized spacial score (nSPS) is 12.9.